The molecule has 1 atom stereocenters. The first-order valence-corrected chi connectivity index (χ1v) is 7.53. The van der Waals surface area contributed by atoms with Crippen LogP contribution in [0.1, 0.15) is 18.9 Å². The molecule has 0 saturated heterocycles. The number of hydrogen-bond donors (Lipinski definition) is 1. The highest BCUT2D eigenvalue weighted by Crippen LogP contribution is 2.16. The Morgan fingerprint density at radius 2 is 2.06 bits per heavy atom. The van der Waals surface area contributed by atoms with Gasteiger partial charge in [0.05, 0.1) is 0 Å². The number of hydrogen-bond acceptors (Lipinski definition) is 2. The number of benzene rings is 1. The highest BCUT2D eigenvalue weighted by Gasteiger charge is 2.09. The lowest BCUT2D eigenvalue weighted by Gasteiger charge is -2.23. The van der Waals surface area contributed by atoms with Crippen LogP contribution in [0.4, 0.5) is 0 Å². The molecule has 0 amide bonds. The zero-order valence-corrected chi connectivity index (χ0v) is 13.3. The van der Waals surface area contributed by atoms with Gasteiger partial charge in [-0.15, -0.1) is 0 Å². The second-order valence-corrected chi connectivity index (χ2v) is 5.79. The minimum Gasteiger partial charge on any atom is -0.319 e. The van der Waals surface area contributed by atoms with Crippen molar-refractivity contribution in [1.29, 1.82) is 0 Å². The smallest absolute Gasteiger partial charge is 0.0207 e. The minimum absolute atomic E-state index is 0.749. The molecule has 0 aliphatic heterocycles. The largest absolute Gasteiger partial charge is 0.319 e. The summed E-state index contributed by atoms with van der Waals surface area (Å²) in [6.07, 6.45) is 2.34. The zero-order valence-electron chi connectivity index (χ0n) is 11.7. The summed E-state index contributed by atoms with van der Waals surface area (Å²) in [6.45, 7) is 5.66. The molecule has 2 nitrogen and oxygen atoms in total. The van der Waals surface area contributed by atoms with E-state index in [1.165, 1.54) is 23.0 Å². The fourth-order valence-corrected chi connectivity index (χ4v) is 2.65. The first-order chi connectivity index (χ1) is 8.67. The molecule has 0 heterocycles. The Balaban J connectivity index is 2.36. The first kappa shape index (κ1) is 15.7. The van der Waals surface area contributed by atoms with Gasteiger partial charge in [0.2, 0.25) is 0 Å². The van der Waals surface area contributed by atoms with Crippen LogP contribution in [0, 0.1) is 5.92 Å². The quantitative estimate of drug-likeness (QED) is 0.793. The highest BCUT2D eigenvalue weighted by atomic mass is 79.9. The molecule has 1 N–H and O–H groups in total. The van der Waals surface area contributed by atoms with Gasteiger partial charge in [-0.1, -0.05) is 47.5 Å². The standard InChI is InChI=1S/C15H25BrN2/c1-4-13(11-17-2)12-18(3)10-9-14-7-5-6-8-15(14)16/h5-8,13,17H,4,9-12H2,1-3H3. The van der Waals surface area contributed by atoms with E-state index in [2.05, 4.69) is 64.4 Å². The van der Waals surface area contributed by atoms with Crippen molar-refractivity contribution in [1.82, 2.24) is 10.2 Å². The number of likely N-dealkylation sites (N-methyl/N-ethyl adjacent to an activating group) is 1. The Kier molecular flexibility index (Phi) is 7.56. The van der Waals surface area contributed by atoms with Gasteiger partial charge < -0.3 is 10.2 Å². The molecule has 0 aromatic heterocycles. The van der Waals surface area contributed by atoms with Crippen molar-refractivity contribution in [2.45, 2.75) is 19.8 Å². The lowest BCUT2D eigenvalue weighted by atomic mass is 10.1. The maximum atomic E-state index is 3.61. The van der Waals surface area contributed by atoms with E-state index in [0.29, 0.717) is 0 Å². The summed E-state index contributed by atoms with van der Waals surface area (Å²) in [7, 11) is 4.25. The predicted molar refractivity (Wildman–Crippen MR) is 83.1 cm³/mol. The van der Waals surface area contributed by atoms with E-state index in [1.807, 2.05) is 7.05 Å². The molecule has 1 aromatic rings. The normalized spacial score (nSPS) is 12.9. The van der Waals surface area contributed by atoms with Crippen molar-refractivity contribution in [2.24, 2.45) is 5.92 Å². The molecular formula is C15H25BrN2. The molecule has 0 bridgehead atoms. The molecule has 3 heteroatoms. The van der Waals surface area contributed by atoms with Crippen LogP contribution in [0.15, 0.2) is 28.7 Å². The zero-order chi connectivity index (χ0) is 13.4. The Labute approximate surface area is 120 Å². The van der Waals surface area contributed by atoms with E-state index in [0.717, 1.165) is 25.4 Å². The fraction of sp³-hybridized carbons (Fsp3) is 0.600. The fourth-order valence-electron chi connectivity index (χ4n) is 2.17. The molecule has 0 aliphatic carbocycles. The third-order valence-corrected chi connectivity index (χ3v) is 4.13. The summed E-state index contributed by atoms with van der Waals surface area (Å²) in [5.41, 5.74) is 1.39. The molecule has 0 radical (unpaired) electrons. The van der Waals surface area contributed by atoms with Gasteiger partial charge >= 0.3 is 0 Å². The van der Waals surface area contributed by atoms with Crippen LogP contribution in [-0.4, -0.2) is 38.6 Å². The van der Waals surface area contributed by atoms with Gasteiger partial charge in [-0.25, -0.2) is 0 Å². The molecule has 1 rings (SSSR count). The summed E-state index contributed by atoms with van der Waals surface area (Å²) in [6, 6.07) is 8.49. The molecular weight excluding hydrogens is 288 g/mol. The van der Waals surface area contributed by atoms with Crippen LogP contribution in [0.3, 0.4) is 0 Å². The van der Waals surface area contributed by atoms with Crippen LogP contribution >= 0.6 is 15.9 Å². The van der Waals surface area contributed by atoms with Gasteiger partial charge in [-0.2, -0.15) is 0 Å². The van der Waals surface area contributed by atoms with E-state index < -0.39 is 0 Å². The second kappa shape index (κ2) is 8.68. The van der Waals surface area contributed by atoms with Gasteiger partial charge in [0.25, 0.3) is 0 Å². The number of nitrogens with one attached hydrogen (secondary N) is 1. The van der Waals surface area contributed by atoms with Crippen molar-refractivity contribution in [3.63, 3.8) is 0 Å². The number of nitrogens with zero attached hydrogens (tertiary/aromatic N) is 1. The molecule has 1 unspecified atom stereocenters. The van der Waals surface area contributed by atoms with Crippen molar-refractivity contribution in [2.75, 3.05) is 33.7 Å². The third-order valence-electron chi connectivity index (χ3n) is 3.36. The Morgan fingerprint density at radius 1 is 1.33 bits per heavy atom. The summed E-state index contributed by atoms with van der Waals surface area (Å²) in [4.78, 5) is 2.44. The van der Waals surface area contributed by atoms with Crippen LogP contribution < -0.4 is 5.32 Å². The van der Waals surface area contributed by atoms with Gasteiger partial charge in [-0.3, -0.25) is 0 Å². The Bertz CT molecular complexity index is 341. The third kappa shape index (κ3) is 5.51. The minimum atomic E-state index is 0.749. The first-order valence-electron chi connectivity index (χ1n) is 6.73. The molecule has 1 aromatic carbocycles. The lowest BCUT2D eigenvalue weighted by Crippen LogP contribution is -2.32. The maximum absolute atomic E-state index is 3.61. The van der Waals surface area contributed by atoms with Crippen LogP contribution in [0.25, 0.3) is 0 Å². The van der Waals surface area contributed by atoms with E-state index in [-0.39, 0.29) is 0 Å². The number of halogens is 1. The van der Waals surface area contributed by atoms with E-state index in [9.17, 15) is 0 Å². The van der Waals surface area contributed by atoms with Crippen LogP contribution in [0.2, 0.25) is 0 Å². The molecule has 0 saturated carbocycles. The SMILES string of the molecule is CCC(CNC)CN(C)CCc1ccccc1Br. The predicted octanol–water partition coefficient (Wildman–Crippen LogP) is 3.17. The van der Waals surface area contributed by atoms with Crippen molar-refractivity contribution in [3.05, 3.63) is 34.3 Å². The summed E-state index contributed by atoms with van der Waals surface area (Å²) in [5.74, 6) is 0.749. The Morgan fingerprint density at radius 3 is 2.67 bits per heavy atom. The van der Waals surface area contributed by atoms with E-state index >= 15 is 0 Å². The monoisotopic (exact) mass is 312 g/mol. The average molecular weight is 313 g/mol. The van der Waals surface area contributed by atoms with Gasteiger partial charge in [0, 0.05) is 17.6 Å². The Hall–Kier alpha value is -0.380. The summed E-state index contributed by atoms with van der Waals surface area (Å²) in [5, 5.41) is 3.27. The van der Waals surface area contributed by atoms with Crippen molar-refractivity contribution in [3.8, 4) is 0 Å². The van der Waals surface area contributed by atoms with Gasteiger partial charge in [0.1, 0.15) is 0 Å². The number of rotatable bonds is 8. The molecule has 0 spiro atoms. The van der Waals surface area contributed by atoms with Crippen molar-refractivity contribution < 1.29 is 0 Å². The molecule has 102 valence electrons. The van der Waals surface area contributed by atoms with Gasteiger partial charge in [0.15, 0.2) is 0 Å². The average Bonchev–Trinajstić information content (AvgIpc) is 2.37. The topological polar surface area (TPSA) is 15.3 Å². The summed E-state index contributed by atoms with van der Waals surface area (Å²) >= 11 is 3.61. The van der Waals surface area contributed by atoms with Gasteiger partial charge in [-0.05, 0) is 44.6 Å². The summed E-state index contributed by atoms with van der Waals surface area (Å²) < 4.78 is 1.22. The lowest BCUT2D eigenvalue weighted by molar-refractivity contribution is 0.271. The van der Waals surface area contributed by atoms with Crippen LogP contribution in [-0.2, 0) is 6.42 Å². The molecule has 18 heavy (non-hydrogen) atoms. The van der Waals surface area contributed by atoms with Crippen molar-refractivity contribution >= 4 is 15.9 Å². The van der Waals surface area contributed by atoms with Crippen LogP contribution in [0.5, 0.6) is 0 Å². The van der Waals surface area contributed by atoms with E-state index in [4.69, 9.17) is 0 Å². The molecule has 0 fully saturated rings. The maximum Gasteiger partial charge on any atom is 0.0207 e. The highest BCUT2D eigenvalue weighted by molar-refractivity contribution is 9.10. The molecule has 0 aliphatic rings. The second-order valence-electron chi connectivity index (χ2n) is 4.94. The van der Waals surface area contributed by atoms with E-state index in [1.54, 1.807) is 0 Å².